The number of benzene rings is 1. The molecular formula is C18H22N2O7. The van der Waals surface area contributed by atoms with Crippen LogP contribution in [0.25, 0.3) is 0 Å². The predicted molar refractivity (Wildman–Crippen MR) is 92.6 cm³/mol. The minimum absolute atomic E-state index is 0.0424. The summed E-state index contributed by atoms with van der Waals surface area (Å²) < 4.78 is 15.9. The Balaban J connectivity index is 1.56. The molecule has 27 heavy (non-hydrogen) atoms. The first-order valence-corrected chi connectivity index (χ1v) is 8.75. The quantitative estimate of drug-likeness (QED) is 0.335. The first-order valence-electron chi connectivity index (χ1n) is 8.75. The number of nitro benzene ring substituents is 1. The van der Waals surface area contributed by atoms with Crippen LogP contribution in [0.15, 0.2) is 24.3 Å². The third kappa shape index (κ3) is 3.59. The molecule has 1 aromatic carbocycles. The van der Waals surface area contributed by atoms with E-state index in [0.29, 0.717) is 13.0 Å². The average Bonchev–Trinajstić information content (AvgIpc) is 2.58. The number of ether oxygens (including phenoxy) is 3. The second-order valence-electron chi connectivity index (χ2n) is 7.13. The topological polar surface area (TPSA) is 108 Å². The van der Waals surface area contributed by atoms with Crippen molar-refractivity contribution in [1.82, 2.24) is 4.90 Å². The van der Waals surface area contributed by atoms with Crippen LogP contribution in [0.4, 0.5) is 10.5 Å². The van der Waals surface area contributed by atoms with Gasteiger partial charge < -0.3 is 19.1 Å². The number of fused-ring (bicyclic) bond motifs is 1. The summed E-state index contributed by atoms with van der Waals surface area (Å²) in [5, 5.41) is 11.0. The molecule has 2 heterocycles. The maximum absolute atomic E-state index is 12.5. The van der Waals surface area contributed by atoms with Gasteiger partial charge in [0.15, 0.2) is 0 Å². The van der Waals surface area contributed by atoms with E-state index in [9.17, 15) is 19.7 Å². The van der Waals surface area contributed by atoms with Crippen molar-refractivity contribution in [3.05, 3.63) is 39.9 Å². The van der Waals surface area contributed by atoms with Crippen LogP contribution < -0.4 is 0 Å². The van der Waals surface area contributed by atoms with E-state index < -0.39 is 28.8 Å². The Morgan fingerprint density at radius 3 is 2.85 bits per heavy atom. The zero-order chi connectivity index (χ0) is 19.8. The van der Waals surface area contributed by atoms with Crippen LogP contribution in [-0.2, 0) is 25.6 Å². The van der Waals surface area contributed by atoms with Crippen molar-refractivity contribution in [2.45, 2.75) is 51.7 Å². The van der Waals surface area contributed by atoms with E-state index in [4.69, 9.17) is 14.2 Å². The zero-order valence-electron chi connectivity index (χ0n) is 15.4. The molecule has 0 spiro atoms. The highest BCUT2D eigenvalue weighted by atomic mass is 16.7. The molecule has 2 fully saturated rings. The van der Waals surface area contributed by atoms with Gasteiger partial charge in [-0.2, -0.15) is 0 Å². The smallest absolute Gasteiger partial charge is 0.430 e. The van der Waals surface area contributed by atoms with E-state index in [0.717, 1.165) is 0 Å². The summed E-state index contributed by atoms with van der Waals surface area (Å²) in [4.78, 5) is 36.6. The lowest BCUT2D eigenvalue weighted by atomic mass is 9.78. The van der Waals surface area contributed by atoms with Gasteiger partial charge in [-0.1, -0.05) is 12.1 Å². The molecule has 1 amide bonds. The Kier molecular flexibility index (Phi) is 5.05. The number of para-hydroxylation sites is 1. The standard InChI is InChI=1S/C18H22N2O7/c1-11(15-14-8-9-26-18(2,3)19(14)16(15)21)27-17(22)25-10-12-6-4-5-7-13(12)20(23)24/h4-7,11,14-15H,8-10H2,1-3H3/t11-,14?,15-/m0/s1. The highest BCUT2D eigenvalue weighted by molar-refractivity contribution is 5.87. The van der Waals surface area contributed by atoms with Crippen molar-refractivity contribution in [3.63, 3.8) is 0 Å². The zero-order valence-corrected chi connectivity index (χ0v) is 15.4. The molecule has 0 radical (unpaired) electrons. The largest absolute Gasteiger partial charge is 0.508 e. The van der Waals surface area contributed by atoms with Crippen LogP contribution in [-0.4, -0.2) is 46.4 Å². The van der Waals surface area contributed by atoms with Crippen LogP contribution >= 0.6 is 0 Å². The minimum Gasteiger partial charge on any atom is -0.430 e. The fourth-order valence-electron chi connectivity index (χ4n) is 3.76. The summed E-state index contributed by atoms with van der Waals surface area (Å²) in [6.45, 7) is 5.57. The van der Waals surface area contributed by atoms with Gasteiger partial charge in [0.25, 0.3) is 5.69 Å². The Bertz CT molecular complexity index is 764. The van der Waals surface area contributed by atoms with E-state index in [1.165, 1.54) is 18.2 Å². The van der Waals surface area contributed by atoms with Crippen LogP contribution in [0.2, 0.25) is 0 Å². The van der Waals surface area contributed by atoms with Crippen LogP contribution in [0.1, 0.15) is 32.8 Å². The van der Waals surface area contributed by atoms with E-state index >= 15 is 0 Å². The molecule has 0 aromatic heterocycles. The summed E-state index contributed by atoms with van der Waals surface area (Å²) in [6, 6.07) is 5.95. The Morgan fingerprint density at radius 1 is 1.44 bits per heavy atom. The van der Waals surface area contributed by atoms with Crippen LogP contribution in [0, 0.1) is 16.0 Å². The fourth-order valence-corrected chi connectivity index (χ4v) is 3.76. The molecule has 0 N–H and O–H groups in total. The Morgan fingerprint density at radius 2 is 2.15 bits per heavy atom. The van der Waals surface area contributed by atoms with Crippen molar-refractivity contribution in [2.75, 3.05) is 6.61 Å². The number of carbonyl (C=O) groups is 2. The minimum atomic E-state index is -0.960. The van der Waals surface area contributed by atoms with E-state index in [1.807, 2.05) is 13.8 Å². The number of nitrogens with zero attached hydrogens (tertiary/aromatic N) is 2. The molecule has 1 aromatic rings. The van der Waals surface area contributed by atoms with Crippen LogP contribution in [0.5, 0.6) is 0 Å². The van der Waals surface area contributed by atoms with E-state index in [-0.39, 0.29) is 29.8 Å². The first kappa shape index (κ1) is 19.1. The highest BCUT2D eigenvalue weighted by Crippen LogP contribution is 2.42. The van der Waals surface area contributed by atoms with Gasteiger partial charge in [-0.3, -0.25) is 14.9 Å². The lowest BCUT2D eigenvalue weighted by Gasteiger charge is -2.58. The molecule has 3 rings (SSSR count). The Hall–Kier alpha value is -2.68. The van der Waals surface area contributed by atoms with Crippen molar-refractivity contribution in [1.29, 1.82) is 0 Å². The van der Waals surface area contributed by atoms with Gasteiger partial charge in [0.2, 0.25) is 5.91 Å². The van der Waals surface area contributed by atoms with Crippen molar-refractivity contribution in [3.8, 4) is 0 Å². The van der Waals surface area contributed by atoms with Crippen LogP contribution in [0.3, 0.4) is 0 Å². The summed E-state index contributed by atoms with van der Waals surface area (Å²) in [5.74, 6) is -0.560. The summed E-state index contributed by atoms with van der Waals surface area (Å²) in [6.07, 6.45) is -0.942. The molecular weight excluding hydrogens is 356 g/mol. The predicted octanol–water partition coefficient (Wildman–Crippen LogP) is 2.62. The fraction of sp³-hybridized carbons (Fsp3) is 0.556. The van der Waals surface area contributed by atoms with Gasteiger partial charge in [0, 0.05) is 6.07 Å². The van der Waals surface area contributed by atoms with Gasteiger partial charge in [-0.15, -0.1) is 0 Å². The van der Waals surface area contributed by atoms with Gasteiger partial charge in [0.1, 0.15) is 18.4 Å². The highest BCUT2D eigenvalue weighted by Gasteiger charge is 2.58. The van der Waals surface area contributed by atoms with Crippen molar-refractivity contribution < 1.29 is 28.7 Å². The maximum atomic E-state index is 12.5. The number of nitro groups is 1. The molecule has 9 nitrogen and oxygen atoms in total. The lowest BCUT2D eigenvalue weighted by Crippen LogP contribution is -2.73. The number of hydrogen-bond acceptors (Lipinski definition) is 7. The molecule has 0 bridgehead atoms. The number of β-lactam (4-membered cyclic amide) rings is 1. The number of rotatable bonds is 5. The van der Waals surface area contributed by atoms with Gasteiger partial charge >= 0.3 is 6.16 Å². The van der Waals surface area contributed by atoms with Crippen molar-refractivity contribution >= 4 is 17.7 Å². The Labute approximate surface area is 156 Å². The first-order chi connectivity index (χ1) is 12.7. The summed E-state index contributed by atoms with van der Waals surface area (Å²) in [5.41, 5.74) is -0.528. The van der Waals surface area contributed by atoms with E-state index in [1.54, 1.807) is 17.9 Å². The second kappa shape index (κ2) is 7.15. The SMILES string of the molecule is C[C@H](OC(=O)OCc1ccccc1[N+](=O)[O-])[C@@H]1C(=O)N2C1CCOC2(C)C. The molecule has 1 unspecified atom stereocenters. The van der Waals surface area contributed by atoms with Gasteiger partial charge in [-0.25, -0.2) is 4.79 Å². The third-order valence-electron chi connectivity index (χ3n) is 5.04. The molecule has 0 aliphatic carbocycles. The number of carbonyl (C=O) groups excluding carboxylic acids is 2. The molecule has 9 heteroatoms. The molecule has 3 atom stereocenters. The maximum Gasteiger partial charge on any atom is 0.508 e. The monoisotopic (exact) mass is 378 g/mol. The molecule has 2 saturated heterocycles. The number of hydrogen-bond donors (Lipinski definition) is 0. The van der Waals surface area contributed by atoms with Crippen molar-refractivity contribution in [2.24, 2.45) is 5.92 Å². The van der Waals surface area contributed by atoms with Gasteiger partial charge in [0.05, 0.1) is 29.1 Å². The molecule has 0 saturated carbocycles. The molecule has 2 aliphatic rings. The normalized spacial score (nSPS) is 24.4. The summed E-state index contributed by atoms with van der Waals surface area (Å²) >= 11 is 0. The molecule has 146 valence electrons. The third-order valence-corrected chi connectivity index (χ3v) is 5.04. The lowest BCUT2D eigenvalue weighted by molar-refractivity contribution is -0.385. The number of amides is 1. The molecule has 2 aliphatic heterocycles. The van der Waals surface area contributed by atoms with E-state index in [2.05, 4.69) is 0 Å². The second-order valence-corrected chi connectivity index (χ2v) is 7.13. The van der Waals surface area contributed by atoms with Gasteiger partial charge in [-0.05, 0) is 33.3 Å². The summed E-state index contributed by atoms with van der Waals surface area (Å²) in [7, 11) is 0. The average molecular weight is 378 g/mol.